The van der Waals surface area contributed by atoms with E-state index in [4.69, 9.17) is 15.2 Å². The van der Waals surface area contributed by atoms with Crippen LogP contribution in [0.2, 0.25) is 0 Å². The van der Waals surface area contributed by atoms with E-state index in [9.17, 15) is 14.9 Å². The molecular weight excluding hydrogens is 372 g/mol. The molecule has 2 N–H and O–H groups in total. The van der Waals surface area contributed by atoms with Gasteiger partial charge in [0.2, 0.25) is 0 Å². The summed E-state index contributed by atoms with van der Waals surface area (Å²) in [5.74, 6) is 0.265. The van der Waals surface area contributed by atoms with Gasteiger partial charge in [-0.05, 0) is 18.9 Å². The maximum absolute atomic E-state index is 12.8. The van der Waals surface area contributed by atoms with Gasteiger partial charge in [-0.3, -0.25) is 14.9 Å². The highest BCUT2D eigenvalue weighted by atomic mass is 32.1. The highest BCUT2D eigenvalue weighted by Gasteiger charge is 2.32. The van der Waals surface area contributed by atoms with E-state index in [1.54, 1.807) is 10.4 Å². The van der Waals surface area contributed by atoms with Gasteiger partial charge in [0, 0.05) is 24.5 Å². The van der Waals surface area contributed by atoms with Gasteiger partial charge in [0.05, 0.1) is 29.3 Å². The van der Waals surface area contributed by atoms with Crippen LogP contribution in [0.15, 0.2) is 23.0 Å². The van der Waals surface area contributed by atoms with Gasteiger partial charge in [-0.1, -0.05) is 0 Å². The topological polar surface area (TPSA) is 121 Å². The number of methoxy groups -OCH3 is 1. The largest absolute Gasteiger partial charge is 0.493 e. The lowest BCUT2D eigenvalue weighted by atomic mass is 10.1. The molecule has 1 amide bonds. The summed E-state index contributed by atoms with van der Waals surface area (Å²) >= 11 is 1.43. The number of thiazole rings is 1. The summed E-state index contributed by atoms with van der Waals surface area (Å²) < 4.78 is 10.9. The van der Waals surface area contributed by atoms with E-state index < -0.39 is 10.8 Å². The number of nitro groups is 1. The molecule has 1 fully saturated rings. The van der Waals surface area contributed by atoms with Crippen molar-refractivity contribution in [3.05, 3.63) is 44.4 Å². The van der Waals surface area contributed by atoms with Crippen LogP contribution in [-0.2, 0) is 6.61 Å². The number of benzene rings is 1. The zero-order valence-corrected chi connectivity index (χ0v) is 15.6. The monoisotopic (exact) mass is 392 g/mol. The molecule has 27 heavy (non-hydrogen) atoms. The first-order chi connectivity index (χ1) is 13.0. The summed E-state index contributed by atoms with van der Waals surface area (Å²) in [7, 11) is 1.42. The highest BCUT2D eigenvalue weighted by molar-refractivity contribution is 7.07. The second-order valence-corrected chi connectivity index (χ2v) is 6.91. The number of likely N-dealkylation sites (tertiary alicyclic amines) is 1. The Bertz CT molecular complexity index is 827. The third-order valence-corrected chi connectivity index (χ3v) is 5.11. The summed E-state index contributed by atoms with van der Waals surface area (Å²) in [6.45, 7) is 1.66. The summed E-state index contributed by atoms with van der Waals surface area (Å²) in [5.41, 5.74) is 7.71. The number of aromatic nitrogens is 1. The second kappa shape index (κ2) is 8.31. The molecule has 1 saturated heterocycles. The molecule has 2 heterocycles. The highest BCUT2D eigenvalue weighted by Crippen LogP contribution is 2.36. The van der Waals surface area contributed by atoms with Crippen LogP contribution in [0.5, 0.6) is 11.5 Å². The number of nitrogens with zero attached hydrogens (tertiary/aromatic N) is 3. The van der Waals surface area contributed by atoms with Crippen molar-refractivity contribution in [2.24, 2.45) is 11.7 Å². The fourth-order valence-electron chi connectivity index (χ4n) is 2.98. The van der Waals surface area contributed by atoms with Crippen molar-refractivity contribution in [2.75, 3.05) is 26.7 Å². The molecule has 0 aliphatic carbocycles. The Labute approximate surface area is 159 Å². The number of amides is 1. The van der Waals surface area contributed by atoms with Crippen molar-refractivity contribution in [2.45, 2.75) is 13.0 Å². The molecular formula is C17H20N4O5S. The normalized spacial score (nSPS) is 16.4. The van der Waals surface area contributed by atoms with Crippen LogP contribution in [-0.4, -0.2) is 47.5 Å². The van der Waals surface area contributed by atoms with Gasteiger partial charge in [0.25, 0.3) is 11.6 Å². The van der Waals surface area contributed by atoms with Crippen LogP contribution in [0.3, 0.4) is 0 Å². The Morgan fingerprint density at radius 3 is 2.89 bits per heavy atom. The first kappa shape index (κ1) is 19.1. The molecule has 0 bridgehead atoms. The lowest BCUT2D eigenvalue weighted by Crippen LogP contribution is -2.30. The number of carbonyl (C=O) groups excluding carboxylic acids is 1. The molecule has 1 aliphatic rings. The van der Waals surface area contributed by atoms with E-state index in [1.165, 1.54) is 30.6 Å². The zero-order chi connectivity index (χ0) is 19.4. The lowest BCUT2D eigenvalue weighted by molar-refractivity contribution is -0.385. The van der Waals surface area contributed by atoms with E-state index in [0.717, 1.165) is 6.42 Å². The third-order valence-electron chi connectivity index (χ3n) is 4.47. The summed E-state index contributed by atoms with van der Waals surface area (Å²) in [6, 6.07) is 2.60. The fraction of sp³-hybridized carbons (Fsp3) is 0.412. The SMILES string of the molecule is COc1cc(C(=O)N2CCC(CN)C2)c([N+](=O)[O-])cc1OCc1cscn1. The first-order valence-electron chi connectivity index (χ1n) is 8.39. The standard InChI is InChI=1S/C17H20N4O5S/c1-25-15-4-13(17(22)20-3-2-11(6-18)7-20)14(21(23)24)5-16(15)26-8-12-9-27-10-19-12/h4-5,9-11H,2-3,6-8,18H2,1H3. The quantitative estimate of drug-likeness (QED) is 0.565. The van der Waals surface area contributed by atoms with E-state index >= 15 is 0 Å². The van der Waals surface area contributed by atoms with Crippen LogP contribution in [0.25, 0.3) is 0 Å². The molecule has 3 rings (SSSR count). The maximum Gasteiger partial charge on any atom is 0.286 e. The number of carbonyl (C=O) groups is 1. The van der Waals surface area contributed by atoms with Crippen molar-refractivity contribution in [1.82, 2.24) is 9.88 Å². The van der Waals surface area contributed by atoms with Gasteiger partial charge < -0.3 is 20.1 Å². The first-order valence-corrected chi connectivity index (χ1v) is 9.33. The van der Waals surface area contributed by atoms with Gasteiger partial charge in [-0.2, -0.15) is 0 Å². The molecule has 1 atom stereocenters. The molecule has 0 spiro atoms. The second-order valence-electron chi connectivity index (χ2n) is 6.19. The van der Waals surface area contributed by atoms with Crippen molar-refractivity contribution in [3.63, 3.8) is 0 Å². The van der Waals surface area contributed by atoms with Crippen LogP contribution in [0, 0.1) is 16.0 Å². The molecule has 9 nitrogen and oxygen atoms in total. The number of hydrogen-bond donors (Lipinski definition) is 1. The van der Waals surface area contributed by atoms with Gasteiger partial charge in [0.1, 0.15) is 12.2 Å². The molecule has 1 aromatic carbocycles. The van der Waals surface area contributed by atoms with Crippen molar-refractivity contribution in [3.8, 4) is 11.5 Å². The Balaban J connectivity index is 1.89. The molecule has 1 aromatic heterocycles. The summed E-state index contributed by atoms with van der Waals surface area (Å²) in [4.78, 5) is 29.5. The third kappa shape index (κ3) is 4.17. The Kier molecular flexibility index (Phi) is 5.87. The minimum atomic E-state index is -0.584. The molecule has 2 aromatic rings. The Morgan fingerprint density at radius 2 is 2.30 bits per heavy atom. The maximum atomic E-state index is 12.8. The van der Waals surface area contributed by atoms with Gasteiger partial charge in [0.15, 0.2) is 11.5 Å². The summed E-state index contributed by atoms with van der Waals surface area (Å²) in [6.07, 6.45) is 0.794. The van der Waals surface area contributed by atoms with E-state index in [1.807, 2.05) is 5.38 Å². The fourth-order valence-corrected chi connectivity index (χ4v) is 3.53. The van der Waals surface area contributed by atoms with E-state index in [-0.39, 0.29) is 35.3 Å². The molecule has 0 radical (unpaired) electrons. The smallest absolute Gasteiger partial charge is 0.286 e. The predicted molar refractivity (Wildman–Crippen MR) is 99.2 cm³/mol. The van der Waals surface area contributed by atoms with E-state index in [2.05, 4.69) is 4.98 Å². The lowest BCUT2D eigenvalue weighted by Gasteiger charge is -2.18. The number of rotatable bonds is 7. The number of nitrogens with two attached hydrogens (primary N) is 1. The minimum Gasteiger partial charge on any atom is -0.493 e. The molecule has 0 saturated carbocycles. The number of ether oxygens (including phenoxy) is 2. The number of hydrogen-bond acceptors (Lipinski definition) is 8. The van der Waals surface area contributed by atoms with Gasteiger partial charge in [-0.15, -0.1) is 11.3 Å². The molecule has 1 aliphatic heterocycles. The Morgan fingerprint density at radius 1 is 1.48 bits per heavy atom. The average molecular weight is 392 g/mol. The Hall–Kier alpha value is -2.72. The van der Waals surface area contributed by atoms with Crippen LogP contribution < -0.4 is 15.2 Å². The van der Waals surface area contributed by atoms with Crippen molar-refractivity contribution < 1.29 is 19.2 Å². The average Bonchev–Trinajstić information content (AvgIpc) is 3.36. The molecule has 10 heteroatoms. The molecule has 144 valence electrons. The molecule has 1 unspecified atom stereocenters. The van der Waals surface area contributed by atoms with E-state index in [0.29, 0.717) is 25.3 Å². The van der Waals surface area contributed by atoms with Crippen LogP contribution in [0.4, 0.5) is 5.69 Å². The van der Waals surface area contributed by atoms with Gasteiger partial charge >= 0.3 is 0 Å². The number of nitro benzene ring substituents is 1. The zero-order valence-electron chi connectivity index (χ0n) is 14.8. The van der Waals surface area contributed by atoms with Crippen LogP contribution >= 0.6 is 11.3 Å². The van der Waals surface area contributed by atoms with Crippen molar-refractivity contribution in [1.29, 1.82) is 0 Å². The summed E-state index contributed by atoms with van der Waals surface area (Å²) in [5, 5.41) is 13.4. The minimum absolute atomic E-state index is 0.0180. The van der Waals surface area contributed by atoms with Crippen LogP contribution in [0.1, 0.15) is 22.5 Å². The van der Waals surface area contributed by atoms with Gasteiger partial charge in [-0.25, -0.2) is 4.98 Å². The van der Waals surface area contributed by atoms with Crippen molar-refractivity contribution >= 4 is 22.9 Å². The predicted octanol–water partition coefficient (Wildman–Crippen LogP) is 2.06.